The van der Waals surface area contributed by atoms with E-state index in [1.165, 1.54) is 0 Å². The third-order valence-corrected chi connectivity index (χ3v) is 4.42. The van der Waals surface area contributed by atoms with Crippen molar-refractivity contribution in [3.05, 3.63) is 30.3 Å². The van der Waals surface area contributed by atoms with Crippen LogP contribution in [0.15, 0.2) is 30.3 Å². The Balaban J connectivity index is 2.12. The Hall–Kier alpha value is -1.84. The highest BCUT2D eigenvalue weighted by molar-refractivity contribution is 6.11. The van der Waals surface area contributed by atoms with Gasteiger partial charge in [-0.2, -0.15) is 0 Å². The first-order valence-corrected chi connectivity index (χ1v) is 8.14. The Kier molecular flexibility index (Phi) is 5.22. The number of hydrogen-bond donors (Lipinski definition) is 1. The normalized spacial score (nSPS) is 15.6. The average Bonchev–Trinajstić information content (AvgIpc) is 3.02. The molecule has 1 fully saturated rings. The predicted molar refractivity (Wildman–Crippen MR) is 88.6 cm³/mol. The van der Waals surface area contributed by atoms with Crippen LogP contribution >= 0.6 is 0 Å². The van der Waals surface area contributed by atoms with Crippen LogP contribution in [0.2, 0.25) is 0 Å². The van der Waals surface area contributed by atoms with Crippen molar-refractivity contribution in [2.24, 2.45) is 5.41 Å². The summed E-state index contributed by atoms with van der Waals surface area (Å²) in [4.78, 5) is 27.1. The summed E-state index contributed by atoms with van der Waals surface area (Å²) in [5.74, 6) is -0.324. The van der Waals surface area contributed by atoms with E-state index >= 15 is 0 Å². The number of carbonyl (C=O) groups excluding carboxylic acids is 2. The Labute approximate surface area is 132 Å². The molecule has 0 bridgehead atoms. The molecule has 0 aliphatic heterocycles. The van der Waals surface area contributed by atoms with Gasteiger partial charge < -0.3 is 10.2 Å². The smallest absolute Gasteiger partial charge is 0.242 e. The van der Waals surface area contributed by atoms with Crippen LogP contribution < -0.4 is 10.2 Å². The number of nitrogens with one attached hydrogen (secondary N) is 1. The van der Waals surface area contributed by atoms with Crippen molar-refractivity contribution >= 4 is 17.5 Å². The Bertz CT molecular complexity index is 519. The molecular formula is C18H26N2O2. The predicted octanol–water partition coefficient (Wildman–Crippen LogP) is 3.12. The third-order valence-electron chi connectivity index (χ3n) is 4.42. The number of benzene rings is 1. The molecule has 1 aliphatic rings. The largest absolute Gasteiger partial charge is 0.352 e. The molecule has 2 amide bonds. The number of anilines is 1. The number of carbonyl (C=O) groups is 2. The molecule has 0 saturated heterocycles. The van der Waals surface area contributed by atoms with E-state index in [4.69, 9.17) is 0 Å². The van der Waals surface area contributed by atoms with E-state index in [1.807, 2.05) is 37.3 Å². The van der Waals surface area contributed by atoms with E-state index in [9.17, 15) is 9.59 Å². The van der Waals surface area contributed by atoms with Crippen LogP contribution in [-0.2, 0) is 9.59 Å². The highest BCUT2D eigenvalue weighted by Crippen LogP contribution is 2.26. The summed E-state index contributed by atoms with van der Waals surface area (Å²) in [6.45, 7) is 5.90. The van der Waals surface area contributed by atoms with Crippen LogP contribution in [0.5, 0.6) is 0 Å². The zero-order valence-electron chi connectivity index (χ0n) is 13.8. The van der Waals surface area contributed by atoms with Crippen LogP contribution in [0.3, 0.4) is 0 Å². The van der Waals surface area contributed by atoms with E-state index in [-0.39, 0.29) is 17.9 Å². The molecule has 4 nitrogen and oxygen atoms in total. The highest BCUT2D eigenvalue weighted by Gasteiger charge is 2.40. The van der Waals surface area contributed by atoms with E-state index in [2.05, 4.69) is 5.32 Å². The lowest BCUT2D eigenvalue weighted by Crippen LogP contribution is -2.51. The van der Waals surface area contributed by atoms with Crippen LogP contribution in [0, 0.1) is 5.41 Å². The number of para-hydroxylation sites is 1. The first-order valence-electron chi connectivity index (χ1n) is 8.14. The Morgan fingerprint density at radius 3 is 2.32 bits per heavy atom. The number of nitrogens with zero attached hydrogens (tertiary/aromatic N) is 1. The highest BCUT2D eigenvalue weighted by atomic mass is 16.2. The third kappa shape index (κ3) is 3.49. The summed E-state index contributed by atoms with van der Waals surface area (Å²) in [7, 11) is 0. The molecule has 4 heteroatoms. The lowest BCUT2D eigenvalue weighted by atomic mass is 9.89. The van der Waals surface area contributed by atoms with Gasteiger partial charge in [-0.05, 0) is 45.7 Å². The second-order valence-corrected chi connectivity index (χ2v) is 6.46. The molecule has 1 aromatic rings. The van der Waals surface area contributed by atoms with Gasteiger partial charge in [0.1, 0.15) is 5.41 Å². The molecule has 2 rings (SSSR count). The quantitative estimate of drug-likeness (QED) is 0.850. The molecular weight excluding hydrogens is 276 g/mol. The molecule has 22 heavy (non-hydrogen) atoms. The fourth-order valence-electron chi connectivity index (χ4n) is 2.92. The first kappa shape index (κ1) is 16.5. The van der Waals surface area contributed by atoms with Gasteiger partial charge in [0.2, 0.25) is 11.8 Å². The SMILES string of the molecule is CCN(C(=O)C(C)(C)C(=O)NC1CCCC1)c1ccccc1. The zero-order chi connectivity index (χ0) is 16.2. The minimum Gasteiger partial charge on any atom is -0.352 e. The van der Waals surface area contributed by atoms with E-state index in [1.54, 1.807) is 18.7 Å². The Morgan fingerprint density at radius 1 is 1.18 bits per heavy atom. The molecule has 0 spiro atoms. The molecule has 1 aromatic carbocycles. The van der Waals surface area contributed by atoms with Gasteiger partial charge in [-0.1, -0.05) is 31.0 Å². The van der Waals surface area contributed by atoms with Crippen molar-refractivity contribution in [3.8, 4) is 0 Å². The Morgan fingerprint density at radius 2 is 1.77 bits per heavy atom. The molecule has 120 valence electrons. The minimum atomic E-state index is -1.06. The second-order valence-electron chi connectivity index (χ2n) is 6.46. The van der Waals surface area contributed by atoms with Gasteiger partial charge in [0.05, 0.1) is 0 Å². The van der Waals surface area contributed by atoms with Gasteiger partial charge in [0.15, 0.2) is 0 Å². The average molecular weight is 302 g/mol. The molecule has 0 unspecified atom stereocenters. The van der Waals surface area contributed by atoms with E-state index < -0.39 is 5.41 Å². The summed E-state index contributed by atoms with van der Waals surface area (Å²) in [6, 6.07) is 9.73. The van der Waals surface area contributed by atoms with Gasteiger partial charge in [-0.25, -0.2) is 0 Å². The summed E-state index contributed by atoms with van der Waals surface area (Å²) in [5.41, 5.74) is -0.231. The standard InChI is InChI=1S/C18H26N2O2/c1-4-20(15-12-6-5-7-13-15)17(22)18(2,3)16(21)19-14-10-8-9-11-14/h5-7,12-14H,4,8-11H2,1-3H3,(H,19,21). The van der Waals surface area contributed by atoms with Crippen molar-refractivity contribution < 1.29 is 9.59 Å². The van der Waals surface area contributed by atoms with Crippen LogP contribution in [0.25, 0.3) is 0 Å². The molecule has 1 N–H and O–H groups in total. The van der Waals surface area contributed by atoms with Crippen LogP contribution in [0.4, 0.5) is 5.69 Å². The molecule has 1 aliphatic carbocycles. The number of rotatable bonds is 5. The zero-order valence-corrected chi connectivity index (χ0v) is 13.8. The van der Waals surface area contributed by atoms with Crippen LogP contribution in [-0.4, -0.2) is 24.4 Å². The van der Waals surface area contributed by atoms with Gasteiger partial charge in [-0.15, -0.1) is 0 Å². The molecule has 0 aromatic heterocycles. The topological polar surface area (TPSA) is 49.4 Å². The monoisotopic (exact) mass is 302 g/mol. The first-order chi connectivity index (χ1) is 10.5. The maximum absolute atomic E-state index is 12.9. The van der Waals surface area contributed by atoms with E-state index in [0.717, 1.165) is 31.4 Å². The maximum Gasteiger partial charge on any atom is 0.242 e. The van der Waals surface area contributed by atoms with Gasteiger partial charge in [0, 0.05) is 18.3 Å². The molecule has 0 heterocycles. The van der Waals surface area contributed by atoms with Crippen molar-refractivity contribution in [3.63, 3.8) is 0 Å². The lowest BCUT2D eigenvalue weighted by molar-refractivity contribution is -0.140. The summed E-state index contributed by atoms with van der Waals surface area (Å²) in [5, 5.41) is 3.04. The fraction of sp³-hybridized carbons (Fsp3) is 0.556. The lowest BCUT2D eigenvalue weighted by Gasteiger charge is -2.31. The van der Waals surface area contributed by atoms with Crippen molar-refractivity contribution in [1.82, 2.24) is 5.32 Å². The van der Waals surface area contributed by atoms with Crippen molar-refractivity contribution in [2.45, 2.75) is 52.5 Å². The van der Waals surface area contributed by atoms with Gasteiger partial charge >= 0.3 is 0 Å². The summed E-state index contributed by atoms with van der Waals surface area (Å²) >= 11 is 0. The summed E-state index contributed by atoms with van der Waals surface area (Å²) in [6.07, 6.45) is 4.35. The van der Waals surface area contributed by atoms with Gasteiger partial charge in [-0.3, -0.25) is 9.59 Å². The molecule has 0 atom stereocenters. The summed E-state index contributed by atoms with van der Waals surface area (Å²) < 4.78 is 0. The number of amides is 2. The maximum atomic E-state index is 12.9. The fourth-order valence-corrected chi connectivity index (χ4v) is 2.92. The van der Waals surface area contributed by atoms with Gasteiger partial charge in [0.25, 0.3) is 0 Å². The van der Waals surface area contributed by atoms with Crippen molar-refractivity contribution in [1.29, 1.82) is 0 Å². The number of hydrogen-bond acceptors (Lipinski definition) is 2. The minimum absolute atomic E-state index is 0.156. The van der Waals surface area contributed by atoms with E-state index in [0.29, 0.717) is 6.54 Å². The van der Waals surface area contributed by atoms with Crippen molar-refractivity contribution in [2.75, 3.05) is 11.4 Å². The molecule has 0 radical (unpaired) electrons. The second kappa shape index (κ2) is 6.95. The van der Waals surface area contributed by atoms with Crippen LogP contribution in [0.1, 0.15) is 46.5 Å². The molecule has 1 saturated carbocycles.